The van der Waals surface area contributed by atoms with E-state index in [0.29, 0.717) is 17.2 Å². The first-order chi connectivity index (χ1) is 13.1. The van der Waals surface area contributed by atoms with Gasteiger partial charge in [0.2, 0.25) is 5.91 Å². The van der Waals surface area contributed by atoms with Crippen molar-refractivity contribution < 1.29 is 14.3 Å². The minimum Gasteiger partial charge on any atom is -0.493 e. The summed E-state index contributed by atoms with van der Waals surface area (Å²) >= 11 is 3.43. The number of hydrogen-bond donors (Lipinski definition) is 1. The minimum atomic E-state index is -0.253. The third-order valence-electron chi connectivity index (χ3n) is 3.80. The lowest BCUT2D eigenvalue weighted by atomic mass is 10.2. The van der Waals surface area contributed by atoms with Gasteiger partial charge in [0.05, 0.1) is 25.6 Å². The average Bonchev–Trinajstić information content (AvgIpc) is 3.20. The molecule has 0 saturated carbocycles. The van der Waals surface area contributed by atoms with Crippen molar-refractivity contribution in [3.8, 4) is 17.2 Å². The highest BCUT2D eigenvalue weighted by Gasteiger charge is 2.08. The maximum Gasteiger partial charge on any atom is 0.248 e. The third kappa shape index (κ3) is 4.57. The Balaban J connectivity index is 1.78. The molecular weight excluding hydrogens is 410 g/mol. The van der Waals surface area contributed by atoms with E-state index in [9.17, 15) is 4.79 Å². The molecule has 0 spiro atoms. The summed E-state index contributed by atoms with van der Waals surface area (Å²) in [6.45, 7) is 0. The first-order valence-corrected chi connectivity index (χ1v) is 8.90. The molecule has 0 fully saturated rings. The molecule has 6 nitrogen and oxygen atoms in total. The van der Waals surface area contributed by atoms with Crippen molar-refractivity contribution in [2.24, 2.45) is 0 Å². The number of aromatic nitrogens is 2. The van der Waals surface area contributed by atoms with Gasteiger partial charge in [0.15, 0.2) is 11.5 Å². The van der Waals surface area contributed by atoms with Gasteiger partial charge in [-0.3, -0.25) is 4.79 Å². The Morgan fingerprint density at radius 3 is 2.67 bits per heavy atom. The Hall–Kier alpha value is -3.06. The van der Waals surface area contributed by atoms with Crippen molar-refractivity contribution in [2.45, 2.75) is 0 Å². The lowest BCUT2D eigenvalue weighted by Crippen LogP contribution is -2.11. The van der Waals surface area contributed by atoms with Crippen molar-refractivity contribution in [1.29, 1.82) is 0 Å². The molecule has 2 aromatic carbocycles. The highest BCUT2D eigenvalue weighted by Crippen LogP contribution is 2.28. The van der Waals surface area contributed by atoms with Gasteiger partial charge in [0, 0.05) is 22.9 Å². The van der Waals surface area contributed by atoms with Crippen LogP contribution in [0.2, 0.25) is 0 Å². The first kappa shape index (κ1) is 18.7. The fourth-order valence-electron chi connectivity index (χ4n) is 2.52. The van der Waals surface area contributed by atoms with E-state index in [4.69, 9.17) is 9.47 Å². The lowest BCUT2D eigenvalue weighted by Gasteiger charge is -2.11. The van der Waals surface area contributed by atoms with E-state index in [0.717, 1.165) is 15.7 Å². The second-order valence-electron chi connectivity index (χ2n) is 5.55. The molecule has 0 bridgehead atoms. The van der Waals surface area contributed by atoms with Gasteiger partial charge in [-0.05, 0) is 48.0 Å². The fraction of sp³-hybridized carbons (Fsp3) is 0.100. The van der Waals surface area contributed by atoms with E-state index in [1.54, 1.807) is 43.3 Å². The molecule has 0 aliphatic carbocycles. The molecule has 7 heteroatoms. The molecule has 1 amide bonds. The van der Waals surface area contributed by atoms with Crippen LogP contribution in [0.4, 0.5) is 5.69 Å². The van der Waals surface area contributed by atoms with Gasteiger partial charge < -0.3 is 14.8 Å². The number of rotatable bonds is 6. The molecule has 0 aliphatic heterocycles. The number of carbonyl (C=O) groups is 1. The zero-order chi connectivity index (χ0) is 19.2. The van der Waals surface area contributed by atoms with E-state index >= 15 is 0 Å². The van der Waals surface area contributed by atoms with Crippen LogP contribution < -0.4 is 14.8 Å². The van der Waals surface area contributed by atoms with Crippen molar-refractivity contribution in [3.63, 3.8) is 0 Å². The molecule has 138 valence electrons. The van der Waals surface area contributed by atoms with Crippen LogP contribution in [0.25, 0.3) is 11.8 Å². The van der Waals surface area contributed by atoms with Gasteiger partial charge in [-0.1, -0.05) is 22.0 Å². The van der Waals surface area contributed by atoms with Gasteiger partial charge in [-0.2, -0.15) is 5.10 Å². The average molecular weight is 428 g/mol. The largest absolute Gasteiger partial charge is 0.493 e. The summed E-state index contributed by atoms with van der Waals surface area (Å²) in [4.78, 5) is 12.4. The van der Waals surface area contributed by atoms with Crippen LogP contribution in [0.1, 0.15) is 5.56 Å². The summed E-state index contributed by atoms with van der Waals surface area (Å²) in [5.74, 6) is 0.987. The van der Waals surface area contributed by atoms with Crippen molar-refractivity contribution >= 4 is 33.6 Å². The molecule has 0 saturated heterocycles. The molecule has 1 heterocycles. The molecule has 1 N–H and O–H groups in total. The SMILES string of the molecule is COc1ccc(C=CC(=O)Nc2cc(Br)ccc2-n2cccn2)cc1OC. The summed E-state index contributed by atoms with van der Waals surface area (Å²) in [5, 5.41) is 7.11. The van der Waals surface area contributed by atoms with Crippen molar-refractivity contribution in [2.75, 3.05) is 19.5 Å². The van der Waals surface area contributed by atoms with Crippen molar-refractivity contribution in [3.05, 3.63) is 71.0 Å². The molecular formula is C20H18BrN3O3. The van der Waals surface area contributed by atoms with Gasteiger partial charge in [-0.15, -0.1) is 0 Å². The molecule has 0 unspecified atom stereocenters. The maximum absolute atomic E-state index is 12.4. The van der Waals surface area contributed by atoms with E-state index in [1.165, 1.54) is 6.08 Å². The van der Waals surface area contributed by atoms with Crippen LogP contribution in [-0.4, -0.2) is 29.9 Å². The van der Waals surface area contributed by atoms with Gasteiger partial charge >= 0.3 is 0 Å². The standard InChI is InChI=1S/C20H18BrN3O3/c1-26-18-8-4-14(12-19(18)27-2)5-9-20(25)23-16-13-15(21)6-7-17(16)24-11-3-10-22-24/h3-13H,1-2H3,(H,23,25). The Labute approximate surface area is 165 Å². The topological polar surface area (TPSA) is 65.4 Å². The number of amides is 1. The molecule has 0 atom stereocenters. The molecule has 1 aromatic heterocycles. The number of nitrogens with one attached hydrogen (secondary N) is 1. The minimum absolute atomic E-state index is 0.253. The Morgan fingerprint density at radius 2 is 1.96 bits per heavy atom. The van der Waals surface area contributed by atoms with Crippen molar-refractivity contribution in [1.82, 2.24) is 9.78 Å². The number of ether oxygens (including phenoxy) is 2. The molecule has 27 heavy (non-hydrogen) atoms. The zero-order valence-corrected chi connectivity index (χ0v) is 16.4. The molecule has 0 radical (unpaired) electrons. The van der Waals surface area contributed by atoms with Gasteiger partial charge in [0.25, 0.3) is 0 Å². The summed E-state index contributed by atoms with van der Waals surface area (Å²) in [5.41, 5.74) is 2.25. The summed E-state index contributed by atoms with van der Waals surface area (Å²) < 4.78 is 13.0. The third-order valence-corrected chi connectivity index (χ3v) is 4.30. The van der Waals surface area contributed by atoms with E-state index < -0.39 is 0 Å². The van der Waals surface area contributed by atoms with Crippen LogP contribution in [0.5, 0.6) is 11.5 Å². The molecule has 3 rings (SSSR count). The quantitative estimate of drug-likeness (QED) is 0.595. The van der Waals surface area contributed by atoms with E-state index in [1.807, 2.05) is 36.5 Å². The van der Waals surface area contributed by atoms with E-state index in [-0.39, 0.29) is 5.91 Å². The first-order valence-electron chi connectivity index (χ1n) is 8.11. The second-order valence-corrected chi connectivity index (χ2v) is 6.46. The monoisotopic (exact) mass is 427 g/mol. The lowest BCUT2D eigenvalue weighted by molar-refractivity contribution is -0.111. The van der Waals surface area contributed by atoms with Crippen LogP contribution in [-0.2, 0) is 4.79 Å². The van der Waals surface area contributed by atoms with E-state index in [2.05, 4.69) is 26.3 Å². The zero-order valence-electron chi connectivity index (χ0n) is 14.8. The van der Waals surface area contributed by atoms with Crippen LogP contribution in [0, 0.1) is 0 Å². The highest BCUT2D eigenvalue weighted by molar-refractivity contribution is 9.10. The number of hydrogen-bond acceptors (Lipinski definition) is 4. The number of nitrogens with zero attached hydrogens (tertiary/aromatic N) is 2. The highest BCUT2D eigenvalue weighted by atomic mass is 79.9. The fourth-order valence-corrected chi connectivity index (χ4v) is 2.88. The molecule has 0 aliphatic rings. The number of benzene rings is 2. The summed E-state index contributed by atoms with van der Waals surface area (Å²) in [6, 6.07) is 12.9. The second kappa shape index (κ2) is 8.55. The molecule has 3 aromatic rings. The van der Waals surface area contributed by atoms with Gasteiger partial charge in [-0.25, -0.2) is 4.68 Å². The van der Waals surface area contributed by atoms with Gasteiger partial charge in [0.1, 0.15) is 0 Å². The summed E-state index contributed by atoms with van der Waals surface area (Å²) in [6.07, 6.45) is 6.68. The number of anilines is 1. The Kier molecular flexibility index (Phi) is 5.93. The predicted octanol–water partition coefficient (Wildman–Crippen LogP) is 4.30. The van der Waals surface area contributed by atoms with Crippen LogP contribution in [0.3, 0.4) is 0 Å². The number of halogens is 1. The number of methoxy groups -OCH3 is 2. The normalized spacial score (nSPS) is 10.8. The van der Waals surface area contributed by atoms with Crippen LogP contribution in [0.15, 0.2) is 65.4 Å². The Morgan fingerprint density at radius 1 is 1.15 bits per heavy atom. The predicted molar refractivity (Wildman–Crippen MR) is 108 cm³/mol. The summed E-state index contributed by atoms with van der Waals surface area (Å²) in [7, 11) is 3.15. The Bertz CT molecular complexity index is 969. The number of carbonyl (C=O) groups excluding carboxylic acids is 1. The smallest absolute Gasteiger partial charge is 0.248 e. The van der Waals surface area contributed by atoms with Crippen LogP contribution >= 0.6 is 15.9 Å². The maximum atomic E-state index is 12.4.